The number of aromatic amines is 1. The van der Waals surface area contributed by atoms with E-state index in [0.717, 1.165) is 17.1 Å². The number of aromatic nitrogens is 2. The minimum Gasteiger partial charge on any atom is -0.347 e. The van der Waals surface area contributed by atoms with Crippen molar-refractivity contribution in [3.63, 3.8) is 0 Å². The number of carbonyl (C=O) groups excluding carboxylic acids is 1. The van der Waals surface area contributed by atoms with Crippen LogP contribution in [0.4, 0.5) is 0 Å². The molecule has 2 heterocycles. The van der Waals surface area contributed by atoms with E-state index in [1.54, 1.807) is 29.1 Å². The quantitative estimate of drug-likeness (QED) is 0.933. The van der Waals surface area contributed by atoms with Crippen LogP contribution in [-0.2, 0) is 11.3 Å². The molecule has 0 spiro atoms. The van der Waals surface area contributed by atoms with Crippen LogP contribution < -0.4 is 0 Å². The molecule has 1 aromatic heterocycles. The number of thioether (sulfide) groups is 1. The van der Waals surface area contributed by atoms with Crippen LogP contribution in [-0.4, -0.2) is 33.6 Å². The number of hydrogen-bond donors (Lipinski definition) is 1. The summed E-state index contributed by atoms with van der Waals surface area (Å²) < 4.78 is 0. The Morgan fingerprint density at radius 3 is 3.16 bits per heavy atom. The molecule has 0 radical (unpaired) electrons. The van der Waals surface area contributed by atoms with Crippen LogP contribution in [0, 0.1) is 0 Å². The van der Waals surface area contributed by atoms with E-state index in [1.807, 2.05) is 19.2 Å². The number of fused-ring (bicyclic) bond motifs is 1. The monoisotopic (exact) mass is 273 g/mol. The predicted molar refractivity (Wildman–Crippen MR) is 75.0 cm³/mol. The van der Waals surface area contributed by atoms with Crippen molar-refractivity contribution in [1.29, 1.82) is 0 Å². The lowest BCUT2D eigenvalue weighted by Crippen LogP contribution is -2.31. The highest BCUT2D eigenvalue weighted by atomic mass is 32.2. The Morgan fingerprint density at radius 2 is 2.37 bits per heavy atom. The van der Waals surface area contributed by atoms with E-state index in [9.17, 15) is 4.79 Å². The van der Waals surface area contributed by atoms with Gasteiger partial charge in [0.2, 0.25) is 5.91 Å². The molecular weight excluding hydrogens is 258 g/mol. The summed E-state index contributed by atoms with van der Waals surface area (Å²) in [6.07, 6.45) is 3.47. The number of nitrogens with one attached hydrogen (secondary N) is 1. The first-order valence-electron chi connectivity index (χ1n) is 6.20. The Morgan fingerprint density at radius 1 is 1.53 bits per heavy atom. The van der Waals surface area contributed by atoms with E-state index < -0.39 is 0 Å². The normalized spacial score (nSPS) is 17.2. The molecule has 0 saturated carbocycles. The molecule has 0 saturated heterocycles. The lowest BCUT2D eigenvalue weighted by atomic mass is 10.00. The number of likely N-dealkylation sites (N-methyl/N-ethyl adjacent to an activating group) is 1. The van der Waals surface area contributed by atoms with Gasteiger partial charge in [-0.1, -0.05) is 18.2 Å². The molecule has 4 nitrogen and oxygen atoms in total. The van der Waals surface area contributed by atoms with Crippen LogP contribution in [0.25, 0.3) is 0 Å². The summed E-state index contributed by atoms with van der Waals surface area (Å²) in [5.41, 5.74) is 1.16. The minimum absolute atomic E-state index is 0.0267. The van der Waals surface area contributed by atoms with Gasteiger partial charge in [0.25, 0.3) is 0 Å². The summed E-state index contributed by atoms with van der Waals surface area (Å²) in [5, 5.41) is 0. The molecular formula is C14H15N3OS. The summed E-state index contributed by atoms with van der Waals surface area (Å²) in [7, 11) is 1.83. The molecule has 0 aliphatic carbocycles. The Balaban J connectivity index is 1.74. The van der Waals surface area contributed by atoms with Gasteiger partial charge in [0, 0.05) is 30.1 Å². The summed E-state index contributed by atoms with van der Waals surface area (Å²) in [4.78, 5) is 22.7. The highest BCUT2D eigenvalue weighted by Gasteiger charge is 2.31. The Labute approximate surface area is 116 Å². The zero-order chi connectivity index (χ0) is 13.2. The van der Waals surface area contributed by atoms with Crippen molar-refractivity contribution in [1.82, 2.24) is 14.9 Å². The average Bonchev–Trinajstić information content (AvgIpc) is 3.06. The van der Waals surface area contributed by atoms with Crippen LogP contribution in [0.1, 0.15) is 17.3 Å². The molecule has 1 aliphatic heterocycles. The minimum atomic E-state index is -0.0267. The maximum absolute atomic E-state index is 12.5. The van der Waals surface area contributed by atoms with E-state index in [1.165, 1.54) is 4.90 Å². The predicted octanol–water partition coefficient (Wildman–Crippen LogP) is 2.26. The summed E-state index contributed by atoms with van der Waals surface area (Å²) in [6.45, 7) is 0.523. The number of imidazole rings is 1. The number of benzene rings is 1. The van der Waals surface area contributed by atoms with Gasteiger partial charge in [0.15, 0.2) is 0 Å². The molecule has 98 valence electrons. The molecule has 1 amide bonds. The molecule has 1 atom stereocenters. The van der Waals surface area contributed by atoms with Crippen molar-refractivity contribution in [3.8, 4) is 0 Å². The van der Waals surface area contributed by atoms with Crippen molar-refractivity contribution in [2.24, 2.45) is 0 Å². The smallest absolute Gasteiger partial charge is 0.231 e. The van der Waals surface area contributed by atoms with E-state index in [0.29, 0.717) is 6.54 Å². The molecule has 1 N–H and O–H groups in total. The first-order chi connectivity index (χ1) is 9.25. The number of nitrogens with zero attached hydrogens (tertiary/aromatic N) is 2. The number of rotatable bonds is 3. The van der Waals surface area contributed by atoms with Crippen molar-refractivity contribution in [3.05, 3.63) is 48.0 Å². The van der Waals surface area contributed by atoms with Gasteiger partial charge in [-0.3, -0.25) is 4.79 Å². The second-order valence-electron chi connectivity index (χ2n) is 4.63. The summed E-state index contributed by atoms with van der Waals surface area (Å²) >= 11 is 1.76. The molecule has 19 heavy (non-hydrogen) atoms. The van der Waals surface area contributed by atoms with Crippen LogP contribution in [0.3, 0.4) is 0 Å². The van der Waals surface area contributed by atoms with Gasteiger partial charge in [-0.05, 0) is 11.6 Å². The third-order valence-electron chi connectivity index (χ3n) is 3.32. The van der Waals surface area contributed by atoms with Gasteiger partial charge < -0.3 is 9.88 Å². The van der Waals surface area contributed by atoms with Crippen molar-refractivity contribution < 1.29 is 4.79 Å². The summed E-state index contributed by atoms with van der Waals surface area (Å²) in [5.74, 6) is 1.78. The standard InChI is InChI=1S/C14H15N3OS/c1-17(8-13-15-6-7-16-13)14(18)11-9-19-12-5-3-2-4-10(11)12/h2-7,11H,8-9H2,1H3,(H,15,16). The Kier molecular flexibility index (Phi) is 3.29. The van der Waals surface area contributed by atoms with E-state index >= 15 is 0 Å². The Bertz CT molecular complexity index is 582. The fraction of sp³-hybridized carbons (Fsp3) is 0.286. The topological polar surface area (TPSA) is 49.0 Å². The highest BCUT2D eigenvalue weighted by Crippen LogP contribution is 2.40. The SMILES string of the molecule is CN(Cc1ncc[nH]1)C(=O)C1CSc2ccccc21. The van der Waals surface area contributed by atoms with Gasteiger partial charge >= 0.3 is 0 Å². The fourth-order valence-electron chi connectivity index (χ4n) is 2.32. The lowest BCUT2D eigenvalue weighted by Gasteiger charge is -2.20. The van der Waals surface area contributed by atoms with Gasteiger partial charge in [0.05, 0.1) is 12.5 Å². The third kappa shape index (κ3) is 2.38. The second kappa shape index (κ2) is 5.09. The molecule has 5 heteroatoms. The highest BCUT2D eigenvalue weighted by molar-refractivity contribution is 7.99. The van der Waals surface area contributed by atoms with Crippen LogP contribution in [0.15, 0.2) is 41.6 Å². The van der Waals surface area contributed by atoms with Crippen molar-refractivity contribution in [2.75, 3.05) is 12.8 Å². The summed E-state index contributed by atoms with van der Waals surface area (Å²) in [6, 6.07) is 8.15. The maximum atomic E-state index is 12.5. The van der Waals surface area contributed by atoms with E-state index in [2.05, 4.69) is 22.1 Å². The molecule has 1 aromatic carbocycles. The van der Waals surface area contributed by atoms with E-state index in [-0.39, 0.29) is 11.8 Å². The van der Waals surface area contributed by atoms with Crippen molar-refractivity contribution in [2.45, 2.75) is 17.4 Å². The number of carbonyl (C=O) groups is 1. The van der Waals surface area contributed by atoms with Gasteiger partial charge in [-0.25, -0.2) is 4.98 Å². The lowest BCUT2D eigenvalue weighted by molar-refractivity contribution is -0.131. The van der Waals surface area contributed by atoms with Crippen LogP contribution in [0.5, 0.6) is 0 Å². The maximum Gasteiger partial charge on any atom is 0.231 e. The van der Waals surface area contributed by atoms with Gasteiger partial charge in [0.1, 0.15) is 5.82 Å². The molecule has 1 aliphatic rings. The van der Waals surface area contributed by atoms with Crippen LogP contribution in [0.2, 0.25) is 0 Å². The first kappa shape index (κ1) is 12.3. The molecule has 1 unspecified atom stereocenters. The molecule has 0 fully saturated rings. The zero-order valence-corrected chi connectivity index (χ0v) is 11.5. The molecule has 0 bridgehead atoms. The second-order valence-corrected chi connectivity index (χ2v) is 5.69. The number of amides is 1. The first-order valence-corrected chi connectivity index (χ1v) is 7.19. The molecule has 3 rings (SSSR count). The van der Waals surface area contributed by atoms with E-state index in [4.69, 9.17) is 0 Å². The number of H-pyrrole nitrogens is 1. The number of hydrogen-bond acceptors (Lipinski definition) is 3. The van der Waals surface area contributed by atoms with Gasteiger partial charge in [-0.15, -0.1) is 11.8 Å². The molecule has 2 aromatic rings. The van der Waals surface area contributed by atoms with Gasteiger partial charge in [-0.2, -0.15) is 0 Å². The third-order valence-corrected chi connectivity index (χ3v) is 4.50. The Hall–Kier alpha value is -1.75. The van der Waals surface area contributed by atoms with Crippen molar-refractivity contribution >= 4 is 17.7 Å². The zero-order valence-electron chi connectivity index (χ0n) is 10.7. The fourth-order valence-corrected chi connectivity index (χ4v) is 3.54. The van der Waals surface area contributed by atoms with Crippen LogP contribution >= 0.6 is 11.8 Å². The average molecular weight is 273 g/mol. The largest absolute Gasteiger partial charge is 0.347 e.